The van der Waals surface area contributed by atoms with Gasteiger partial charge in [-0.3, -0.25) is 9.52 Å². The number of amides is 1. The normalized spacial score (nSPS) is 12.2. The predicted octanol–water partition coefficient (Wildman–Crippen LogP) is 5.32. The number of halogens is 1. The van der Waals surface area contributed by atoms with E-state index in [0.717, 1.165) is 16.7 Å². The van der Waals surface area contributed by atoms with Crippen LogP contribution in [-0.2, 0) is 14.8 Å². The molecule has 3 aromatic rings. The number of ether oxygens (including phenoxy) is 1. The van der Waals surface area contributed by atoms with Gasteiger partial charge in [0.15, 0.2) is 6.61 Å². The number of hydrogen-bond acceptors (Lipinski definition) is 4. The first-order chi connectivity index (χ1) is 15.6. The third-order valence-corrected chi connectivity index (χ3v) is 7.00. The van der Waals surface area contributed by atoms with Gasteiger partial charge in [-0.2, -0.15) is 0 Å². The summed E-state index contributed by atoms with van der Waals surface area (Å²) in [7, 11) is -3.81. The molecule has 8 heteroatoms. The van der Waals surface area contributed by atoms with Gasteiger partial charge >= 0.3 is 0 Å². The van der Waals surface area contributed by atoms with Crippen LogP contribution in [0.2, 0.25) is 5.02 Å². The van der Waals surface area contributed by atoms with Crippen molar-refractivity contribution in [3.05, 3.63) is 87.9 Å². The first-order valence-corrected chi connectivity index (χ1v) is 12.3. The number of para-hydroxylation sites is 1. The lowest BCUT2D eigenvalue weighted by Crippen LogP contribution is -2.31. The fourth-order valence-electron chi connectivity index (χ4n) is 3.44. The molecule has 3 aromatic carbocycles. The summed E-state index contributed by atoms with van der Waals surface area (Å²) in [4.78, 5) is 12.4. The number of anilines is 1. The monoisotopic (exact) mass is 486 g/mol. The average Bonchev–Trinajstić information content (AvgIpc) is 2.75. The summed E-state index contributed by atoms with van der Waals surface area (Å²) >= 11 is 6.23. The fourth-order valence-corrected chi connectivity index (χ4v) is 4.82. The van der Waals surface area contributed by atoms with Crippen LogP contribution in [0.15, 0.2) is 65.6 Å². The third-order valence-electron chi connectivity index (χ3n) is 5.32. The molecule has 0 bridgehead atoms. The third kappa shape index (κ3) is 6.27. The van der Waals surface area contributed by atoms with E-state index in [2.05, 4.69) is 29.1 Å². The van der Waals surface area contributed by atoms with Crippen molar-refractivity contribution in [1.82, 2.24) is 5.32 Å². The van der Waals surface area contributed by atoms with E-state index in [1.165, 1.54) is 23.8 Å². The summed E-state index contributed by atoms with van der Waals surface area (Å²) in [5.41, 5.74) is 4.97. The molecule has 0 aliphatic carbocycles. The van der Waals surface area contributed by atoms with Crippen molar-refractivity contribution in [2.75, 3.05) is 11.3 Å². The van der Waals surface area contributed by atoms with Crippen LogP contribution in [0.3, 0.4) is 0 Å². The molecule has 1 atom stereocenters. The van der Waals surface area contributed by atoms with E-state index in [0.29, 0.717) is 5.69 Å². The molecule has 0 spiro atoms. The highest BCUT2D eigenvalue weighted by molar-refractivity contribution is 7.92. The molecule has 0 aliphatic rings. The molecule has 0 aromatic heterocycles. The number of aryl methyl sites for hydroxylation is 3. The summed E-state index contributed by atoms with van der Waals surface area (Å²) in [6, 6.07) is 16.7. The molecule has 0 saturated carbocycles. The second kappa shape index (κ2) is 10.3. The molecule has 0 unspecified atom stereocenters. The van der Waals surface area contributed by atoms with Gasteiger partial charge in [0.05, 0.1) is 16.0 Å². The topological polar surface area (TPSA) is 84.5 Å². The van der Waals surface area contributed by atoms with E-state index in [9.17, 15) is 13.2 Å². The molecule has 6 nitrogen and oxygen atoms in total. The molecule has 0 heterocycles. The molecular formula is C25H27ClN2O4S. The van der Waals surface area contributed by atoms with Crippen molar-refractivity contribution in [2.24, 2.45) is 0 Å². The predicted molar refractivity (Wildman–Crippen MR) is 131 cm³/mol. The Morgan fingerprint density at radius 3 is 2.30 bits per heavy atom. The molecule has 0 radical (unpaired) electrons. The van der Waals surface area contributed by atoms with Gasteiger partial charge in [0, 0.05) is 5.69 Å². The van der Waals surface area contributed by atoms with Crippen LogP contribution < -0.4 is 14.8 Å². The summed E-state index contributed by atoms with van der Waals surface area (Å²) in [6.07, 6.45) is 0. The smallest absolute Gasteiger partial charge is 0.261 e. The minimum absolute atomic E-state index is 0.00741. The second-order valence-corrected chi connectivity index (χ2v) is 10.0. The molecule has 0 saturated heterocycles. The van der Waals surface area contributed by atoms with Crippen molar-refractivity contribution >= 4 is 33.2 Å². The maximum Gasteiger partial charge on any atom is 0.261 e. The van der Waals surface area contributed by atoms with E-state index in [1.54, 1.807) is 30.3 Å². The molecule has 1 amide bonds. The number of benzene rings is 3. The van der Waals surface area contributed by atoms with E-state index in [4.69, 9.17) is 16.3 Å². The Morgan fingerprint density at radius 1 is 0.970 bits per heavy atom. The summed E-state index contributed by atoms with van der Waals surface area (Å²) in [5.74, 6) is -0.0841. The largest absolute Gasteiger partial charge is 0.482 e. The number of carbonyl (C=O) groups is 1. The molecule has 2 N–H and O–H groups in total. The quantitative estimate of drug-likeness (QED) is 0.451. The summed E-state index contributed by atoms with van der Waals surface area (Å²) in [5, 5.41) is 3.02. The Bertz CT molecular complexity index is 1260. The van der Waals surface area contributed by atoms with E-state index < -0.39 is 10.0 Å². The van der Waals surface area contributed by atoms with E-state index in [1.807, 2.05) is 20.8 Å². The molecule has 33 heavy (non-hydrogen) atoms. The molecule has 3 rings (SSSR count). The van der Waals surface area contributed by atoms with Crippen LogP contribution in [0.1, 0.15) is 35.2 Å². The minimum atomic E-state index is -3.81. The number of nitrogens with one attached hydrogen (secondary N) is 2. The van der Waals surface area contributed by atoms with Crippen LogP contribution >= 0.6 is 11.6 Å². The van der Waals surface area contributed by atoms with Gasteiger partial charge in [-0.05, 0) is 80.3 Å². The molecular weight excluding hydrogens is 460 g/mol. The van der Waals surface area contributed by atoms with Crippen molar-refractivity contribution < 1.29 is 17.9 Å². The van der Waals surface area contributed by atoms with Gasteiger partial charge in [-0.1, -0.05) is 41.9 Å². The van der Waals surface area contributed by atoms with Gasteiger partial charge in [0.2, 0.25) is 0 Å². The van der Waals surface area contributed by atoms with Crippen molar-refractivity contribution in [2.45, 2.75) is 38.6 Å². The second-order valence-electron chi connectivity index (χ2n) is 7.93. The van der Waals surface area contributed by atoms with Gasteiger partial charge < -0.3 is 10.1 Å². The number of carbonyl (C=O) groups excluding carboxylic acids is 1. The highest BCUT2D eigenvalue weighted by atomic mass is 35.5. The lowest BCUT2D eigenvalue weighted by atomic mass is 9.96. The molecule has 174 valence electrons. The van der Waals surface area contributed by atoms with E-state index in [-0.39, 0.29) is 34.2 Å². The zero-order valence-corrected chi connectivity index (χ0v) is 20.5. The Hall–Kier alpha value is -3.03. The van der Waals surface area contributed by atoms with Crippen LogP contribution in [-0.4, -0.2) is 20.9 Å². The number of hydrogen-bond donors (Lipinski definition) is 2. The van der Waals surface area contributed by atoms with Crippen LogP contribution in [0.25, 0.3) is 0 Å². The number of rotatable bonds is 8. The van der Waals surface area contributed by atoms with Gasteiger partial charge in [-0.25, -0.2) is 8.42 Å². The maximum atomic E-state index is 12.6. The lowest BCUT2D eigenvalue weighted by molar-refractivity contribution is -0.123. The Morgan fingerprint density at radius 2 is 1.64 bits per heavy atom. The van der Waals surface area contributed by atoms with Crippen LogP contribution in [0, 0.1) is 20.8 Å². The average molecular weight is 487 g/mol. The zero-order chi connectivity index (χ0) is 24.2. The van der Waals surface area contributed by atoms with Gasteiger partial charge in [-0.15, -0.1) is 0 Å². The lowest BCUT2D eigenvalue weighted by Gasteiger charge is -2.19. The van der Waals surface area contributed by atoms with E-state index >= 15 is 0 Å². The Labute approximate surface area is 200 Å². The standard InChI is InChI=1S/C25H27ClN2O4S/c1-16-12-18(3)22(13-17(16)2)19(4)27-25(29)15-32-24-11-10-21(14-23(24)26)33(30,31)28-20-8-6-5-7-9-20/h5-14,19,28H,15H2,1-4H3,(H,27,29)/t19-/m1/s1. The Kier molecular flexibility index (Phi) is 7.66. The summed E-state index contributed by atoms with van der Waals surface area (Å²) < 4.78 is 33.2. The summed E-state index contributed by atoms with van der Waals surface area (Å²) in [6.45, 7) is 7.78. The highest BCUT2D eigenvalue weighted by Gasteiger charge is 2.18. The fraction of sp³-hybridized carbons (Fsp3) is 0.240. The molecule has 0 aliphatic heterocycles. The molecule has 0 fully saturated rings. The first kappa shape index (κ1) is 24.6. The maximum absolute atomic E-state index is 12.6. The van der Waals surface area contributed by atoms with Crippen molar-refractivity contribution in [1.29, 1.82) is 0 Å². The minimum Gasteiger partial charge on any atom is -0.482 e. The van der Waals surface area contributed by atoms with Crippen LogP contribution in [0.4, 0.5) is 5.69 Å². The SMILES string of the molecule is Cc1cc(C)c([C@@H](C)NC(=O)COc2ccc(S(=O)(=O)Nc3ccccc3)cc2Cl)cc1C. The van der Waals surface area contributed by atoms with Gasteiger partial charge in [0.1, 0.15) is 5.75 Å². The number of sulfonamides is 1. The van der Waals surface area contributed by atoms with Crippen molar-refractivity contribution in [3.63, 3.8) is 0 Å². The van der Waals surface area contributed by atoms with Crippen LogP contribution in [0.5, 0.6) is 5.75 Å². The van der Waals surface area contributed by atoms with Crippen molar-refractivity contribution in [3.8, 4) is 5.75 Å². The van der Waals surface area contributed by atoms with Gasteiger partial charge in [0.25, 0.3) is 15.9 Å². The Balaban J connectivity index is 1.62. The highest BCUT2D eigenvalue weighted by Crippen LogP contribution is 2.28. The zero-order valence-electron chi connectivity index (χ0n) is 19.0. The first-order valence-electron chi connectivity index (χ1n) is 10.4.